The molecule has 16 heavy (non-hydrogen) atoms. The number of aryl methyl sites for hydroxylation is 3. The van der Waals surface area contributed by atoms with Crippen LogP contribution < -0.4 is 0 Å². The van der Waals surface area contributed by atoms with Crippen LogP contribution in [0, 0.1) is 13.8 Å². The van der Waals surface area contributed by atoms with E-state index in [9.17, 15) is 4.79 Å². The molecule has 84 valence electrons. The van der Waals surface area contributed by atoms with Crippen molar-refractivity contribution < 1.29 is 4.79 Å². The van der Waals surface area contributed by atoms with Crippen molar-refractivity contribution >= 4 is 16.7 Å². The van der Waals surface area contributed by atoms with Crippen LogP contribution >= 0.6 is 0 Å². The van der Waals surface area contributed by atoms with Gasteiger partial charge in [-0.05, 0) is 43.9 Å². The fourth-order valence-electron chi connectivity index (χ4n) is 2.02. The van der Waals surface area contributed by atoms with Gasteiger partial charge in [-0.2, -0.15) is 0 Å². The Labute approximate surface area is 95.7 Å². The van der Waals surface area contributed by atoms with Crippen LogP contribution in [0.25, 0.3) is 10.9 Å². The molecule has 2 nitrogen and oxygen atoms in total. The minimum absolute atomic E-state index is 0.248. The summed E-state index contributed by atoms with van der Waals surface area (Å²) < 4.78 is 0. The first-order valence-electron chi connectivity index (χ1n) is 5.65. The van der Waals surface area contributed by atoms with Gasteiger partial charge < -0.3 is 9.78 Å². The second kappa shape index (κ2) is 4.12. The molecule has 1 aromatic carbocycles. The summed E-state index contributed by atoms with van der Waals surface area (Å²) in [6, 6.07) is 4.28. The third-order valence-electron chi connectivity index (χ3n) is 3.22. The number of nitrogens with one attached hydrogen (secondary N) is 1. The van der Waals surface area contributed by atoms with Gasteiger partial charge in [-0.15, -0.1) is 0 Å². The SMILES string of the molecule is CC(=O)CCc1c[nH]c2c(C)c(C)ccc12. The lowest BCUT2D eigenvalue weighted by molar-refractivity contribution is -0.116. The van der Waals surface area contributed by atoms with E-state index >= 15 is 0 Å². The molecule has 2 rings (SSSR count). The van der Waals surface area contributed by atoms with Crippen molar-refractivity contribution in [2.24, 2.45) is 0 Å². The molecule has 0 atom stereocenters. The lowest BCUT2D eigenvalue weighted by Gasteiger charge is -2.02. The van der Waals surface area contributed by atoms with Crippen molar-refractivity contribution in [2.75, 3.05) is 0 Å². The Hall–Kier alpha value is -1.57. The van der Waals surface area contributed by atoms with Crippen molar-refractivity contribution in [3.8, 4) is 0 Å². The van der Waals surface area contributed by atoms with Crippen LogP contribution in [-0.2, 0) is 11.2 Å². The summed E-state index contributed by atoms with van der Waals surface area (Å²) in [5, 5.41) is 1.25. The highest BCUT2D eigenvalue weighted by molar-refractivity contribution is 5.87. The fourth-order valence-corrected chi connectivity index (χ4v) is 2.02. The molecule has 0 unspecified atom stereocenters. The molecule has 0 aliphatic heterocycles. The number of H-pyrrole nitrogens is 1. The number of benzene rings is 1. The summed E-state index contributed by atoms with van der Waals surface area (Å²) >= 11 is 0. The summed E-state index contributed by atoms with van der Waals surface area (Å²) in [6.07, 6.45) is 3.48. The first-order chi connectivity index (χ1) is 7.59. The van der Waals surface area contributed by atoms with Crippen LogP contribution in [0.2, 0.25) is 0 Å². The van der Waals surface area contributed by atoms with Crippen molar-refractivity contribution in [2.45, 2.75) is 33.6 Å². The lowest BCUT2D eigenvalue weighted by Crippen LogP contribution is -1.93. The van der Waals surface area contributed by atoms with Crippen LogP contribution in [0.1, 0.15) is 30.0 Å². The molecule has 2 heteroatoms. The predicted molar refractivity (Wildman–Crippen MR) is 66.8 cm³/mol. The molecule has 0 saturated heterocycles. The molecule has 0 saturated carbocycles. The van der Waals surface area contributed by atoms with Crippen LogP contribution in [-0.4, -0.2) is 10.8 Å². The molecule has 0 spiro atoms. The summed E-state index contributed by atoms with van der Waals surface area (Å²) in [5.74, 6) is 0.248. The zero-order chi connectivity index (χ0) is 11.7. The molecule has 0 fully saturated rings. The summed E-state index contributed by atoms with van der Waals surface area (Å²) in [5.41, 5.74) is 5.05. The second-order valence-corrected chi connectivity index (χ2v) is 4.45. The molecule has 0 bridgehead atoms. The Morgan fingerprint density at radius 1 is 1.31 bits per heavy atom. The van der Waals surface area contributed by atoms with E-state index in [-0.39, 0.29) is 5.78 Å². The molecule has 0 aliphatic rings. The van der Waals surface area contributed by atoms with Gasteiger partial charge in [-0.3, -0.25) is 0 Å². The standard InChI is InChI=1S/C14H17NO/c1-9-4-7-13-12(6-5-10(2)16)8-15-14(13)11(9)3/h4,7-8,15H,5-6H2,1-3H3. The topological polar surface area (TPSA) is 32.9 Å². The molecule has 1 heterocycles. The first kappa shape index (κ1) is 10.9. The van der Waals surface area contributed by atoms with Gasteiger partial charge >= 0.3 is 0 Å². The van der Waals surface area contributed by atoms with Gasteiger partial charge in [0.25, 0.3) is 0 Å². The Morgan fingerprint density at radius 2 is 2.06 bits per heavy atom. The van der Waals surface area contributed by atoms with Crippen molar-refractivity contribution in [3.05, 3.63) is 35.0 Å². The number of hydrogen-bond acceptors (Lipinski definition) is 1. The van der Waals surface area contributed by atoms with E-state index in [0.29, 0.717) is 6.42 Å². The highest BCUT2D eigenvalue weighted by Crippen LogP contribution is 2.24. The largest absolute Gasteiger partial charge is 0.361 e. The lowest BCUT2D eigenvalue weighted by atomic mass is 10.0. The smallest absolute Gasteiger partial charge is 0.130 e. The van der Waals surface area contributed by atoms with E-state index in [1.165, 1.54) is 27.6 Å². The number of ketones is 1. The Bertz CT molecular complexity index is 537. The zero-order valence-corrected chi connectivity index (χ0v) is 10.1. The number of Topliss-reactive ketones (excluding diaryl/α,β-unsaturated/α-hetero) is 1. The van der Waals surface area contributed by atoms with Crippen LogP contribution in [0.5, 0.6) is 0 Å². The average Bonchev–Trinajstić information content (AvgIpc) is 2.64. The number of carbonyl (C=O) groups is 1. The molecule has 0 amide bonds. The van der Waals surface area contributed by atoms with Gasteiger partial charge in [0.1, 0.15) is 5.78 Å². The van der Waals surface area contributed by atoms with Gasteiger partial charge in [0, 0.05) is 23.5 Å². The second-order valence-electron chi connectivity index (χ2n) is 4.45. The quantitative estimate of drug-likeness (QED) is 0.837. The minimum Gasteiger partial charge on any atom is -0.361 e. The average molecular weight is 215 g/mol. The maximum absolute atomic E-state index is 11.0. The third kappa shape index (κ3) is 1.87. The number of fused-ring (bicyclic) bond motifs is 1. The Balaban J connectivity index is 2.42. The van der Waals surface area contributed by atoms with Gasteiger partial charge in [-0.1, -0.05) is 12.1 Å². The number of aromatic amines is 1. The molecule has 1 aromatic heterocycles. The maximum atomic E-state index is 11.0. The van der Waals surface area contributed by atoms with Crippen molar-refractivity contribution in [1.29, 1.82) is 0 Å². The Kier molecular flexibility index (Phi) is 2.82. The number of aromatic nitrogens is 1. The predicted octanol–water partition coefficient (Wildman–Crippen LogP) is 3.31. The van der Waals surface area contributed by atoms with E-state index in [0.717, 1.165) is 6.42 Å². The summed E-state index contributed by atoms with van der Waals surface area (Å²) in [4.78, 5) is 14.3. The van der Waals surface area contributed by atoms with E-state index in [4.69, 9.17) is 0 Å². The highest BCUT2D eigenvalue weighted by atomic mass is 16.1. The summed E-state index contributed by atoms with van der Waals surface area (Å²) in [7, 11) is 0. The molecular weight excluding hydrogens is 198 g/mol. The van der Waals surface area contributed by atoms with E-state index in [1.807, 2.05) is 6.20 Å². The highest BCUT2D eigenvalue weighted by Gasteiger charge is 2.07. The summed E-state index contributed by atoms with van der Waals surface area (Å²) in [6.45, 7) is 5.89. The van der Waals surface area contributed by atoms with Gasteiger partial charge in [-0.25, -0.2) is 0 Å². The normalized spacial score (nSPS) is 10.9. The molecule has 0 radical (unpaired) electrons. The van der Waals surface area contributed by atoms with Gasteiger partial charge in [0.15, 0.2) is 0 Å². The van der Waals surface area contributed by atoms with Crippen LogP contribution in [0.4, 0.5) is 0 Å². The molecule has 1 N–H and O–H groups in total. The third-order valence-corrected chi connectivity index (χ3v) is 3.22. The maximum Gasteiger partial charge on any atom is 0.130 e. The number of hydrogen-bond donors (Lipinski definition) is 1. The van der Waals surface area contributed by atoms with Crippen LogP contribution in [0.15, 0.2) is 18.3 Å². The number of rotatable bonds is 3. The van der Waals surface area contributed by atoms with Crippen molar-refractivity contribution in [3.63, 3.8) is 0 Å². The zero-order valence-electron chi connectivity index (χ0n) is 10.1. The van der Waals surface area contributed by atoms with Crippen molar-refractivity contribution in [1.82, 2.24) is 4.98 Å². The fraction of sp³-hybridized carbons (Fsp3) is 0.357. The van der Waals surface area contributed by atoms with Crippen LogP contribution in [0.3, 0.4) is 0 Å². The van der Waals surface area contributed by atoms with Gasteiger partial charge in [0.05, 0.1) is 0 Å². The van der Waals surface area contributed by atoms with E-state index in [1.54, 1.807) is 6.92 Å². The monoisotopic (exact) mass is 215 g/mol. The van der Waals surface area contributed by atoms with E-state index < -0.39 is 0 Å². The molecular formula is C14H17NO. The van der Waals surface area contributed by atoms with E-state index in [2.05, 4.69) is 31.0 Å². The first-order valence-corrected chi connectivity index (χ1v) is 5.65. The minimum atomic E-state index is 0.248. The molecule has 0 aliphatic carbocycles. The number of carbonyl (C=O) groups excluding carboxylic acids is 1. The Morgan fingerprint density at radius 3 is 2.75 bits per heavy atom. The van der Waals surface area contributed by atoms with Gasteiger partial charge in [0.2, 0.25) is 0 Å². The molecule has 2 aromatic rings.